The highest BCUT2D eigenvalue weighted by atomic mass is 32.2. The second-order valence-corrected chi connectivity index (χ2v) is 7.39. The summed E-state index contributed by atoms with van der Waals surface area (Å²) in [6.07, 6.45) is 3.74. The number of thioether (sulfide) groups is 1. The van der Waals surface area contributed by atoms with E-state index in [-0.39, 0.29) is 11.8 Å². The van der Waals surface area contributed by atoms with Crippen LogP contribution in [0, 0.1) is 0 Å². The Hall–Kier alpha value is -2.35. The summed E-state index contributed by atoms with van der Waals surface area (Å²) in [4.78, 5) is 25.9. The second-order valence-electron chi connectivity index (χ2n) is 6.62. The smallest absolute Gasteiger partial charge is 0.321 e. The van der Waals surface area contributed by atoms with Crippen molar-refractivity contribution in [1.29, 1.82) is 0 Å². The van der Waals surface area contributed by atoms with E-state index in [9.17, 15) is 9.59 Å². The lowest BCUT2D eigenvalue weighted by molar-refractivity contribution is 0.101. The first-order valence-corrected chi connectivity index (χ1v) is 10.4. The van der Waals surface area contributed by atoms with Crippen LogP contribution in [-0.4, -0.2) is 50.8 Å². The maximum Gasteiger partial charge on any atom is 0.321 e. The van der Waals surface area contributed by atoms with Crippen LogP contribution in [-0.2, 0) is 6.54 Å². The van der Waals surface area contributed by atoms with E-state index in [4.69, 9.17) is 0 Å². The molecule has 1 saturated heterocycles. The summed E-state index contributed by atoms with van der Waals surface area (Å²) in [7, 11) is 0. The predicted molar refractivity (Wildman–Crippen MR) is 106 cm³/mol. The van der Waals surface area contributed by atoms with Crippen molar-refractivity contribution in [1.82, 2.24) is 19.7 Å². The SMILES string of the molecule is CCn1c(SC)nnc1C1CCN(C(=O)Nc2cccc(C(C)=O)c2)CC1. The van der Waals surface area contributed by atoms with E-state index in [0.717, 1.165) is 30.4 Å². The number of rotatable bonds is 5. The molecule has 0 saturated carbocycles. The molecule has 0 spiro atoms. The van der Waals surface area contributed by atoms with Gasteiger partial charge >= 0.3 is 6.03 Å². The van der Waals surface area contributed by atoms with E-state index in [1.54, 1.807) is 36.0 Å². The minimum atomic E-state index is -0.129. The van der Waals surface area contributed by atoms with Crippen LogP contribution in [0.25, 0.3) is 0 Å². The summed E-state index contributed by atoms with van der Waals surface area (Å²) in [6.45, 7) is 5.82. The van der Waals surface area contributed by atoms with Crippen LogP contribution < -0.4 is 5.32 Å². The number of benzene rings is 1. The van der Waals surface area contributed by atoms with Gasteiger partial charge in [-0.3, -0.25) is 4.79 Å². The fourth-order valence-electron chi connectivity index (χ4n) is 3.41. The number of nitrogens with one attached hydrogen (secondary N) is 1. The molecule has 144 valence electrons. The predicted octanol–water partition coefficient (Wildman–Crippen LogP) is 3.63. The number of carbonyl (C=O) groups excluding carboxylic acids is 2. The molecular weight excluding hydrogens is 362 g/mol. The maximum atomic E-state index is 12.6. The summed E-state index contributed by atoms with van der Waals surface area (Å²) in [5.41, 5.74) is 1.24. The van der Waals surface area contributed by atoms with Crippen molar-refractivity contribution in [3.05, 3.63) is 35.7 Å². The van der Waals surface area contributed by atoms with Crippen molar-refractivity contribution in [2.75, 3.05) is 24.7 Å². The van der Waals surface area contributed by atoms with Gasteiger partial charge in [-0.1, -0.05) is 23.9 Å². The summed E-state index contributed by atoms with van der Waals surface area (Å²) in [5.74, 6) is 1.33. The van der Waals surface area contributed by atoms with E-state index in [2.05, 4.69) is 27.0 Å². The van der Waals surface area contributed by atoms with Gasteiger partial charge in [0.25, 0.3) is 0 Å². The zero-order valence-corrected chi connectivity index (χ0v) is 16.8. The Morgan fingerprint density at radius 2 is 2.00 bits per heavy atom. The number of piperidine rings is 1. The molecule has 0 bridgehead atoms. The van der Waals surface area contributed by atoms with E-state index in [0.29, 0.717) is 30.3 Å². The Bertz CT molecular complexity index is 827. The van der Waals surface area contributed by atoms with Gasteiger partial charge in [-0.05, 0) is 45.1 Å². The van der Waals surface area contributed by atoms with Gasteiger partial charge in [0.2, 0.25) is 0 Å². The summed E-state index contributed by atoms with van der Waals surface area (Å²) in [6, 6.07) is 6.90. The molecule has 0 aliphatic carbocycles. The first-order valence-electron chi connectivity index (χ1n) is 9.17. The Morgan fingerprint density at radius 3 is 2.63 bits per heavy atom. The third-order valence-electron chi connectivity index (χ3n) is 4.91. The van der Waals surface area contributed by atoms with Gasteiger partial charge in [0.15, 0.2) is 10.9 Å². The zero-order valence-electron chi connectivity index (χ0n) is 15.9. The molecule has 2 aromatic rings. The Labute approximate surface area is 163 Å². The maximum absolute atomic E-state index is 12.6. The number of Topliss-reactive ketones (excluding diaryl/α,β-unsaturated/α-hetero) is 1. The second kappa shape index (κ2) is 8.56. The number of urea groups is 1. The van der Waals surface area contributed by atoms with Crippen LogP contribution in [0.3, 0.4) is 0 Å². The fourth-order valence-corrected chi connectivity index (χ4v) is 3.98. The number of carbonyl (C=O) groups is 2. The van der Waals surface area contributed by atoms with Crippen molar-refractivity contribution >= 4 is 29.3 Å². The van der Waals surface area contributed by atoms with Crippen LogP contribution in [0.2, 0.25) is 0 Å². The fraction of sp³-hybridized carbons (Fsp3) is 0.474. The highest BCUT2D eigenvalue weighted by Crippen LogP contribution is 2.29. The largest absolute Gasteiger partial charge is 0.324 e. The van der Waals surface area contributed by atoms with Gasteiger partial charge < -0.3 is 14.8 Å². The highest BCUT2D eigenvalue weighted by molar-refractivity contribution is 7.98. The molecule has 1 N–H and O–H groups in total. The van der Waals surface area contributed by atoms with Crippen molar-refractivity contribution in [2.45, 2.75) is 44.3 Å². The number of ketones is 1. The number of likely N-dealkylation sites (tertiary alicyclic amines) is 1. The number of aromatic nitrogens is 3. The quantitative estimate of drug-likeness (QED) is 0.626. The lowest BCUT2D eigenvalue weighted by atomic mass is 9.96. The molecule has 1 aliphatic heterocycles. The molecule has 1 aromatic carbocycles. The Morgan fingerprint density at radius 1 is 1.26 bits per heavy atom. The van der Waals surface area contributed by atoms with Gasteiger partial charge in [0.05, 0.1) is 0 Å². The van der Waals surface area contributed by atoms with Crippen molar-refractivity contribution in [3.63, 3.8) is 0 Å². The Kier molecular flexibility index (Phi) is 6.15. The molecular formula is C19H25N5O2S. The molecule has 0 unspecified atom stereocenters. The van der Waals surface area contributed by atoms with Crippen LogP contribution in [0.5, 0.6) is 0 Å². The first-order chi connectivity index (χ1) is 13.0. The van der Waals surface area contributed by atoms with Crippen molar-refractivity contribution in [3.8, 4) is 0 Å². The molecule has 8 heteroatoms. The topological polar surface area (TPSA) is 80.1 Å². The summed E-state index contributed by atoms with van der Waals surface area (Å²) in [5, 5.41) is 12.5. The van der Waals surface area contributed by atoms with Gasteiger partial charge in [-0.25, -0.2) is 4.79 Å². The van der Waals surface area contributed by atoms with Gasteiger partial charge in [-0.2, -0.15) is 0 Å². The number of anilines is 1. The molecule has 1 fully saturated rings. The van der Waals surface area contributed by atoms with E-state index >= 15 is 0 Å². The zero-order chi connectivity index (χ0) is 19.4. The van der Waals surface area contributed by atoms with E-state index < -0.39 is 0 Å². The molecule has 2 heterocycles. The molecule has 27 heavy (non-hydrogen) atoms. The molecule has 1 aromatic heterocycles. The molecule has 2 amide bonds. The lowest BCUT2D eigenvalue weighted by Gasteiger charge is -2.31. The highest BCUT2D eigenvalue weighted by Gasteiger charge is 2.27. The summed E-state index contributed by atoms with van der Waals surface area (Å²) < 4.78 is 2.17. The number of amides is 2. The number of hydrogen-bond donors (Lipinski definition) is 1. The summed E-state index contributed by atoms with van der Waals surface area (Å²) >= 11 is 1.61. The van der Waals surface area contributed by atoms with Crippen LogP contribution >= 0.6 is 11.8 Å². The molecule has 0 atom stereocenters. The van der Waals surface area contributed by atoms with Crippen molar-refractivity contribution < 1.29 is 9.59 Å². The van der Waals surface area contributed by atoms with Gasteiger partial charge in [-0.15, -0.1) is 10.2 Å². The van der Waals surface area contributed by atoms with Gasteiger partial charge in [0.1, 0.15) is 5.82 Å². The first kappa shape index (κ1) is 19.4. The van der Waals surface area contributed by atoms with E-state index in [1.165, 1.54) is 6.92 Å². The number of hydrogen-bond acceptors (Lipinski definition) is 5. The van der Waals surface area contributed by atoms with Gasteiger partial charge in [0, 0.05) is 36.8 Å². The van der Waals surface area contributed by atoms with E-state index in [1.807, 2.05) is 11.2 Å². The minimum Gasteiger partial charge on any atom is -0.324 e. The van der Waals surface area contributed by atoms with Crippen molar-refractivity contribution in [2.24, 2.45) is 0 Å². The average molecular weight is 388 g/mol. The molecule has 3 rings (SSSR count). The standard InChI is InChI=1S/C19H25N5O2S/c1-4-24-17(21-22-19(24)27-3)14-8-10-23(11-9-14)18(26)20-16-7-5-6-15(12-16)13(2)25/h5-7,12,14H,4,8-11H2,1-3H3,(H,20,26). The monoisotopic (exact) mass is 387 g/mol. The Balaban J connectivity index is 1.60. The third kappa shape index (κ3) is 4.32. The minimum absolute atomic E-state index is 0.0171. The molecule has 0 radical (unpaired) electrons. The normalized spacial score (nSPS) is 15.0. The van der Waals surface area contributed by atoms with Crippen LogP contribution in [0.1, 0.15) is 48.8 Å². The van der Waals surface area contributed by atoms with Crippen LogP contribution in [0.15, 0.2) is 29.4 Å². The third-order valence-corrected chi connectivity index (χ3v) is 5.58. The average Bonchev–Trinajstić information content (AvgIpc) is 3.11. The molecule has 1 aliphatic rings. The lowest BCUT2D eigenvalue weighted by Crippen LogP contribution is -2.41. The van der Waals surface area contributed by atoms with Crippen LogP contribution in [0.4, 0.5) is 10.5 Å². The number of nitrogens with zero attached hydrogens (tertiary/aromatic N) is 4. The molecule has 7 nitrogen and oxygen atoms in total.